The predicted molar refractivity (Wildman–Crippen MR) is 111 cm³/mol. The zero-order chi connectivity index (χ0) is 20.3. The smallest absolute Gasteiger partial charge is 0.256 e. The molecule has 3 aromatic rings. The number of H-pyrrole nitrogens is 1. The largest absolute Gasteiger partial charge is 0.507 e. The number of primary amides is 1. The highest BCUT2D eigenvalue weighted by molar-refractivity contribution is 6.03. The van der Waals surface area contributed by atoms with Crippen LogP contribution < -0.4 is 22.1 Å². The minimum atomic E-state index is -0.606. The molecule has 0 bridgehead atoms. The van der Waals surface area contributed by atoms with Gasteiger partial charge in [-0.15, -0.1) is 0 Å². The van der Waals surface area contributed by atoms with Gasteiger partial charge in [0.25, 0.3) is 5.91 Å². The molecule has 8 nitrogen and oxygen atoms in total. The van der Waals surface area contributed by atoms with Gasteiger partial charge in [-0.1, -0.05) is 19.1 Å². The summed E-state index contributed by atoms with van der Waals surface area (Å²) in [6.45, 7) is 4.27. The van der Waals surface area contributed by atoms with Crippen LogP contribution in [0.4, 0.5) is 23.0 Å². The van der Waals surface area contributed by atoms with Crippen LogP contribution in [-0.4, -0.2) is 21.2 Å². The Labute approximate surface area is 163 Å². The van der Waals surface area contributed by atoms with E-state index in [0.29, 0.717) is 29.6 Å². The van der Waals surface area contributed by atoms with E-state index in [4.69, 9.17) is 11.5 Å². The third kappa shape index (κ3) is 4.01. The molecule has 8 N–H and O–H groups in total. The maximum Gasteiger partial charge on any atom is 0.256 e. The number of nitrogens with one attached hydrogen (secondary N) is 3. The zero-order valence-corrected chi connectivity index (χ0v) is 15.8. The molecule has 3 rings (SSSR count). The van der Waals surface area contributed by atoms with Gasteiger partial charge in [0.2, 0.25) is 0 Å². The van der Waals surface area contributed by atoms with Gasteiger partial charge in [-0.3, -0.25) is 9.89 Å². The molecular formula is C20H24N6O2. The summed E-state index contributed by atoms with van der Waals surface area (Å²) < 4.78 is 0. The first-order chi connectivity index (χ1) is 13.4. The molecule has 2 aromatic carbocycles. The van der Waals surface area contributed by atoms with E-state index >= 15 is 0 Å². The molecule has 0 atom stereocenters. The van der Waals surface area contributed by atoms with Crippen LogP contribution in [0.25, 0.3) is 0 Å². The lowest BCUT2D eigenvalue weighted by Crippen LogP contribution is -2.15. The molecular weight excluding hydrogens is 356 g/mol. The Kier molecular flexibility index (Phi) is 5.39. The minimum Gasteiger partial charge on any atom is -0.507 e. The second kappa shape index (κ2) is 7.91. The first-order valence-corrected chi connectivity index (χ1v) is 8.95. The lowest BCUT2D eigenvalue weighted by Gasteiger charge is -2.11. The number of carbonyl (C=O) groups excluding carboxylic acids is 1. The number of hydrogen-bond acceptors (Lipinski definition) is 6. The number of carbonyl (C=O) groups is 1. The van der Waals surface area contributed by atoms with Gasteiger partial charge in [0.1, 0.15) is 17.1 Å². The third-order valence-corrected chi connectivity index (χ3v) is 4.47. The number of hydrogen-bond donors (Lipinski definition) is 6. The fraction of sp³-hybridized carbons (Fsp3) is 0.200. The molecule has 28 heavy (non-hydrogen) atoms. The Morgan fingerprint density at radius 2 is 1.96 bits per heavy atom. The van der Waals surface area contributed by atoms with E-state index in [1.165, 1.54) is 0 Å². The molecule has 1 aromatic heterocycles. The van der Waals surface area contributed by atoms with Crippen LogP contribution in [0, 0.1) is 6.92 Å². The van der Waals surface area contributed by atoms with E-state index in [1.54, 1.807) is 24.3 Å². The maximum absolute atomic E-state index is 12.0. The van der Waals surface area contributed by atoms with Crippen LogP contribution in [0.3, 0.4) is 0 Å². The van der Waals surface area contributed by atoms with E-state index in [9.17, 15) is 9.90 Å². The molecule has 0 aliphatic heterocycles. The van der Waals surface area contributed by atoms with Crippen LogP contribution in [0.1, 0.15) is 34.0 Å². The summed E-state index contributed by atoms with van der Waals surface area (Å²) in [5.74, 6) is 0.467. The normalized spacial score (nSPS) is 10.6. The Morgan fingerprint density at radius 3 is 2.61 bits per heavy atom. The average Bonchev–Trinajstić information content (AvgIpc) is 3.07. The second-order valence-corrected chi connectivity index (χ2v) is 6.56. The summed E-state index contributed by atoms with van der Waals surface area (Å²) >= 11 is 0. The number of rotatable bonds is 7. The molecule has 0 saturated carbocycles. The highest BCUT2D eigenvalue weighted by Crippen LogP contribution is 2.27. The predicted octanol–water partition coefficient (Wildman–Crippen LogP) is 3.02. The number of phenols is 1. The number of aromatic hydroxyl groups is 1. The molecule has 0 aliphatic rings. The van der Waals surface area contributed by atoms with Crippen molar-refractivity contribution in [3.05, 3.63) is 58.7 Å². The van der Waals surface area contributed by atoms with Crippen molar-refractivity contribution in [2.75, 3.05) is 16.4 Å². The highest BCUT2D eigenvalue weighted by atomic mass is 16.3. The number of aryl methyl sites for hydroxylation is 2. The quantitative estimate of drug-likeness (QED) is 0.348. The first-order valence-electron chi connectivity index (χ1n) is 8.95. The number of aromatic amines is 1. The van der Waals surface area contributed by atoms with Crippen molar-refractivity contribution in [3.63, 3.8) is 0 Å². The number of anilines is 4. The highest BCUT2D eigenvalue weighted by Gasteiger charge is 2.18. The molecule has 0 unspecified atom stereocenters. The summed E-state index contributed by atoms with van der Waals surface area (Å²) in [6.07, 6.45) is 0.727. The second-order valence-electron chi connectivity index (χ2n) is 6.56. The SMILES string of the molecule is CCc1cc(CNc2n[nH]c(Nc3ccc(N)cc3)c2C(N)=O)cc(C)c1O. The van der Waals surface area contributed by atoms with Gasteiger partial charge in [0.15, 0.2) is 5.82 Å². The minimum absolute atomic E-state index is 0.239. The molecule has 0 fully saturated rings. The van der Waals surface area contributed by atoms with Gasteiger partial charge in [-0.25, -0.2) is 0 Å². The van der Waals surface area contributed by atoms with Crippen LogP contribution in [-0.2, 0) is 13.0 Å². The average molecular weight is 380 g/mol. The van der Waals surface area contributed by atoms with E-state index in [2.05, 4.69) is 20.8 Å². The summed E-state index contributed by atoms with van der Waals surface area (Å²) in [7, 11) is 0. The van der Waals surface area contributed by atoms with E-state index in [-0.39, 0.29) is 5.56 Å². The summed E-state index contributed by atoms with van der Waals surface area (Å²) in [5.41, 5.74) is 15.5. The van der Waals surface area contributed by atoms with Crippen molar-refractivity contribution in [2.45, 2.75) is 26.8 Å². The van der Waals surface area contributed by atoms with Gasteiger partial charge < -0.3 is 27.2 Å². The number of nitrogens with zero attached hydrogens (tertiary/aromatic N) is 1. The fourth-order valence-electron chi connectivity index (χ4n) is 3.00. The van der Waals surface area contributed by atoms with Crippen molar-refractivity contribution in [2.24, 2.45) is 5.73 Å². The summed E-state index contributed by atoms with van der Waals surface area (Å²) in [5, 5.41) is 23.3. The first kappa shape index (κ1) is 19.1. The van der Waals surface area contributed by atoms with Crippen molar-refractivity contribution in [1.82, 2.24) is 10.2 Å². The van der Waals surface area contributed by atoms with Crippen molar-refractivity contribution < 1.29 is 9.90 Å². The molecule has 0 radical (unpaired) electrons. The molecule has 1 heterocycles. The van der Waals surface area contributed by atoms with E-state index < -0.39 is 5.91 Å². The van der Waals surface area contributed by atoms with Crippen molar-refractivity contribution >= 4 is 28.9 Å². The molecule has 0 spiro atoms. The van der Waals surface area contributed by atoms with Gasteiger partial charge in [-0.05, 0) is 54.3 Å². The van der Waals surface area contributed by atoms with Gasteiger partial charge >= 0.3 is 0 Å². The van der Waals surface area contributed by atoms with E-state index in [1.807, 2.05) is 26.0 Å². The number of aromatic nitrogens is 2. The zero-order valence-electron chi connectivity index (χ0n) is 15.8. The number of amides is 1. The molecule has 146 valence electrons. The van der Waals surface area contributed by atoms with Crippen molar-refractivity contribution in [3.8, 4) is 5.75 Å². The Morgan fingerprint density at radius 1 is 1.25 bits per heavy atom. The molecule has 0 saturated heterocycles. The van der Waals surface area contributed by atoms with Gasteiger partial charge in [-0.2, -0.15) is 5.10 Å². The van der Waals surface area contributed by atoms with E-state index in [0.717, 1.165) is 28.8 Å². The summed E-state index contributed by atoms with van der Waals surface area (Å²) in [6, 6.07) is 10.9. The topological polar surface area (TPSA) is 142 Å². The maximum atomic E-state index is 12.0. The van der Waals surface area contributed by atoms with Crippen molar-refractivity contribution in [1.29, 1.82) is 0 Å². The van der Waals surface area contributed by atoms with Gasteiger partial charge in [0, 0.05) is 17.9 Å². The van der Waals surface area contributed by atoms with Gasteiger partial charge in [0.05, 0.1) is 0 Å². The lowest BCUT2D eigenvalue weighted by atomic mass is 10.0. The number of nitrogens with two attached hydrogens (primary N) is 2. The number of nitrogen functional groups attached to an aromatic ring is 1. The van der Waals surface area contributed by atoms with Crippen LogP contribution in [0.15, 0.2) is 36.4 Å². The Balaban J connectivity index is 1.81. The Hall–Kier alpha value is -3.68. The molecule has 1 amide bonds. The lowest BCUT2D eigenvalue weighted by molar-refractivity contribution is 0.100. The Bertz CT molecular complexity index is 995. The standard InChI is InChI=1S/C20H24N6O2/c1-3-13-9-12(8-11(2)17(13)27)10-23-19-16(18(22)28)20(26-25-19)24-15-6-4-14(21)5-7-15/h4-9,27H,3,10,21H2,1-2H3,(H2,22,28)(H3,23,24,25,26). The molecule has 8 heteroatoms. The third-order valence-electron chi connectivity index (χ3n) is 4.47. The monoisotopic (exact) mass is 380 g/mol. The van der Waals surface area contributed by atoms with Crippen LogP contribution >= 0.6 is 0 Å². The number of benzene rings is 2. The fourth-order valence-corrected chi connectivity index (χ4v) is 3.00. The van der Waals surface area contributed by atoms with Crippen LogP contribution in [0.2, 0.25) is 0 Å². The van der Waals surface area contributed by atoms with Crippen LogP contribution in [0.5, 0.6) is 5.75 Å². The molecule has 0 aliphatic carbocycles. The number of phenolic OH excluding ortho intramolecular Hbond substituents is 1. The summed E-state index contributed by atoms with van der Waals surface area (Å²) in [4.78, 5) is 12.0.